The number of ether oxygens (including phenoxy) is 16. The van der Waals surface area contributed by atoms with Crippen LogP contribution in [0.2, 0.25) is 0 Å². The lowest BCUT2D eigenvalue weighted by Gasteiger charge is -2.46. The van der Waals surface area contributed by atoms with Crippen LogP contribution in [0.5, 0.6) is 0 Å². The van der Waals surface area contributed by atoms with Crippen LogP contribution in [0.25, 0.3) is 0 Å². The molecule has 37 atom stereocenters. The zero-order chi connectivity index (χ0) is 96.1. The van der Waals surface area contributed by atoms with Gasteiger partial charge in [-0.3, -0.25) is 9.59 Å². The zero-order valence-electron chi connectivity index (χ0n) is 75.2. The van der Waals surface area contributed by atoms with E-state index in [-0.39, 0.29) is 26.7 Å². The summed E-state index contributed by atoms with van der Waals surface area (Å²) in [6.45, 7) is 0.569. The van der Waals surface area contributed by atoms with Crippen molar-refractivity contribution in [2.45, 2.75) is 391 Å². The fourth-order valence-electron chi connectivity index (χ4n) is 15.0. The van der Waals surface area contributed by atoms with Gasteiger partial charge in [0.2, 0.25) is 0 Å². The van der Waals surface area contributed by atoms with Crippen LogP contribution in [0.1, 0.15) is 170 Å². The van der Waals surface area contributed by atoms with Crippen LogP contribution >= 0.6 is 0 Å². The van der Waals surface area contributed by atoms with Crippen molar-refractivity contribution in [2.75, 3.05) is 66.1 Å². The van der Waals surface area contributed by atoms with E-state index in [2.05, 4.69) is 80.7 Å². The van der Waals surface area contributed by atoms with Crippen molar-refractivity contribution >= 4 is 11.9 Å². The molecule has 764 valence electrons. The van der Waals surface area contributed by atoms with Crippen LogP contribution in [-0.4, -0.2) is 417 Å². The number of hydrogen-bond acceptors (Lipinski definition) is 41. The average molecular weight is 1900 g/mol. The second-order valence-electron chi connectivity index (χ2n) is 33.3. The van der Waals surface area contributed by atoms with E-state index in [0.717, 1.165) is 44.9 Å². The molecule has 7 saturated heterocycles. The quantitative estimate of drug-likeness (QED) is 0.0181. The molecule has 0 aromatic carbocycles. The van der Waals surface area contributed by atoms with Crippen LogP contribution in [0.3, 0.4) is 0 Å². The molecular weight excluding hydrogens is 1750 g/mol. The summed E-state index contributed by atoms with van der Waals surface area (Å²) in [6, 6.07) is 0. The third-order valence-electron chi connectivity index (χ3n) is 23.2. The second kappa shape index (κ2) is 64.6. The number of aliphatic hydroxyl groups is 23. The molecule has 0 aromatic rings. The van der Waals surface area contributed by atoms with Gasteiger partial charge in [-0.15, -0.1) is 0 Å². The lowest BCUT2D eigenvalue weighted by atomic mass is 9.90. The van der Waals surface area contributed by atoms with Gasteiger partial charge in [-0.05, 0) is 96.3 Å². The highest BCUT2D eigenvalue weighted by Gasteiger charge is 2.56. The Morgan fingerprint density at radius 1 is 0.280 bits per heavy atom. The highest BCUT2D eigenvalue weighted by molar-refractivity contribution is 5.69. The molecule has 0 spiro atoms. The van der Waals surface area contributed by atoms with Crippen molar-refractivity contribution in [3.8, 4) is 0 Å². The highest BCUT2D eigenvalue weighted by Crippen LogP contribution is 2.37. The molecule has 0 aromatic heterocycles. The Morgan fingerprint density at radius 2 is 0.538 bits per heavy atom. The van der Waals surface area contributed by atoms with Gasteiger partial charge >= 0.3 is 11.9 Å². The van der Waals surface area contributed by atoms with Gasteiger partial charge < -0.3 is 193 Å². The lowest BCUT2D eigenvalue weighted by molar-refractivity contribution is -0.371. The summed E-state index contributed by atoms with van der Waals surface area (Å²) in [5, 5.41) is 241. The van der Waals surface area contributed by atoms with Gasteiger partial charge in [-0.25, -0.2) is 0 Å². The summed E-state index contributed by atoms with van der Waals surface area (Å²) in [7, 11) is 0. The summed E-state index contributed by atoms with van der Waals surface area (Å²) in [5.74, 6) is -2.11. The van der Waals surface area contributed by atoms with E-state index in [1.54, 1.807) is 6.92 Å². The number of carbonyl (C=O) groups excluding carboxylic acids is 2. The van der Waals surface area contributed by atoms with E-state index >= 15 is 0 Å². The van der Waals surface area contributed by atoms with Gasteiger partial charge in [0.05, 0.1) is 65.1 Å². The predicted octanol–water partition coefficient (Wildman–Crippen LogP) is -1.84. The van der Waals surface area contributed by atoms with Crippen LogP contribution in [0.15, 0.2) is 97.2 Å². The standard InChI is InChI=1S/C48H80O23.C42H70O18.CH4/c1-3-5-6-7-8-9-10-11-12-13-14-15-16-17-18-19-20-21-32(52)63-25-27(65-48-42(62)44(36(56)31(24-51)69-48)71-47-40(60)38(58)34(54)29(22-49)68-47)26-64-45-41(61)43(35(55)30(23-50)67-45)70-46-39(59)37(57)33(53)28(4-2)66-46;1-3-4-5-6-7-8-9-10-11-12-13-14-15-16-17-18-19-20-31(46)54-24-27(25-55-40-37(52)36(51)34(49)29(22-44)57-40)56-42-38(53)39(35(50)30(23-45)59-42)60-41-33(48)26(2)32(47)28(21-43)58-41;/h8-9,11-12,14-15,17-18,27-31,33-51,53-62H,3-7,10,13,16,19-26H2,1-2H3;7-8,10-11,13-14,16-17,26-30,32-45,47-53H,3-6,9,12,15,18-25H2,1-2H3;1H4/b9-8-,12-11-,15-14-,18-17-;8-7-,11-10-,14-13-,17-16-;/t27?,28-,29-,30-,31-,33-,34-,35-,36-,37+,38+,39-,40-,41-,42-,43+,44+,45-,46+,47+,48-;26-,27?,28+,29+,30+,32-,33+,34+,35+,36-,37+,38+,39-,40+,41-,42+;/m10./s1. The minimum Gasteiger partial charge on any atom is -0.463 e. The van der Waals surface area contributed by atoms with Crippen LogP contribution in [-0.2, 0) is 85.4 Å². The summed E-state index contributed by atoms with van der Waals surface area (Å²) in [6.07, 6.45) is -8.22. The number of hydrogen-bond donors (Lipinski definition) is 23. The van der Waals surface area contributed by atoms with E-state index in [9.17, 15) is 127 Å². The van der Waals surface area contributed by atoms with E-state index in [1.807, 2.05) is 30.4 Å². The number of allylic oxidation sites excluding steroid dienone is 16. The van der Waals surface area contributed by atoms with Gasteiger partial charge in [-0.1, -0.05) is 158 Å². The van der Waals surface area contributed by atoms with Crippen LogP contribution in [0, 0.1) is 5.92 Å². The Morgan fingerprint density at radius 3 is 0.864 bits per heavy atom. The Hall–Kier alpha value is -4.62. The lowest BCUT2D eigenvalue weighted by Crippen LogP contribution is -2.65. The van der Waals surface area contributed by atoms with Crippen molar-refractivity contribution < 1.29 is 203 Å². The first-order chi connectivity index (χ1) is 63.0. The number of aliphatic hydroxyl groups excluding tert-OH is 23. The smallest absolute Gasteiger partial charge is 0.305 e. The first-order valence-corrected chi connectivity index (χ1v) is 45.8. The fraction of sp³-hybridized carbons (Fsp3) is 0.802. The van der Waals surface area contributed by atoms with Crippen LogP contribution < -0.4 is 0 Å². The van der Waals surface area contributed by atoms with Gasteiger partial charge in [0, 0.05) is 18.8 Å². The maximum atomic E-state index is 13.0. The SMILES string of the molecule is C.CCCCC/C=C\C/C=C\C/C=C\C/C=C\CCCC(=O)OCC(CO[C@@H]1O[C@H](CO)[C@@H](O)[C@H](O)[C@H]1O)O[C@@H]1O[C@H](CO)[C@@H](O)[C@H](O[C@@H]2O[C@H](CO)[C@@H](O)[C@H](C)[C@H]2O)[C@H]1O.CCCCC/C=C\C/C=C\C/C=C\C/C=C\CCCC(=O)OCC(CO[C@@H]1O[C@H](CO)[C@@H](O)[C@H](O[C@@H]2O[C@H](CC)[C@@H](O)[C@H](O)[C@H]2O)[C@H]1O)O[C@@H]1O[C@H](CO)[C@@H](O)[C@H](O[C@@H]2O[C@H](CO)[C@@H](O)[C@H](O)[C@H]2O)[C@H]1O. The summed E-state index contributed by atoms with van der Waals surface area (Å²) < 4.78 is 90.4. The normalized spacial score (nSPS) is 37.2. The van der Waals surface area contributed by atoms with Crippen molar-refractivity contribution in [1.29, 1.82) is 0 Å². The fourth-order valence-corrected chi connectivity index (χ4v) is 15.0. The first kappa shape index (κ1) is 118. The molecule has 132 heavy (non-hydrogen) atoms. The Bertz CT molecular complexity index is 3310. The molecule has 7 aliphatic rings. The molecule has 23 N–H and O–H groups in total. The van der Waals surface area contributed by atoms with Gasteiger partial charge in [-0.2, -0.15) is 0 Å². The first-order valence-electron chi connectivity index (χ1n) is 45.8. The molecule has 7 fully saturated rings. The molecule has 2 unspecified atom stereocenters. The minimum absolute atomic E-state index is 0. The third-order valence-corrected chi connectivity index (χ3v) is 23.2. The average Bonchev–Trinajstić information content (AvgIpc) is 0.794. The van der Waals surface area contributed by atoms with E-state index < -0.39 is 305 Å². The Labute approximate surface area is 771 Å². The second-order valence-corrected chi connectivity index (χ2v) is 33.3. The number of rotatable bonds is 55. The van der Waals surface area contributed by atoms with Crippen molar-refractivity contribution in [2.24, 2.45) is 5.92 Å². The third kappa shape index (κ3) is 37.5. The Kier molecular flexibility index (Phi) is 57.7. The van der Waals surface area contributed by atoms with Crippen molar-refractivity contribution in [3.63, 3.8) is 0 Å². The molecular formula is C91H154O41. The number of carbonyl (C=O) groups is 2. The van der Waals surface area contributed by atoms with E-state index in [0.29, 0.717) is 32.1 Å². The molecule has 7 heterocycles. The molecule has 0 saturated carbocycles. The molecule has 41 nitrogen and oxygen atoms in total. The van der Waals surface area contributed by atoms with Gasteiger partial charge in [0.15, 0.2) is 44.0 Å². The summed E-state index contributed by atoms with van der Waals surface area (Å²) in [4.78, 5) is 25.8. The zero-order valence-corrected chi connectivity index (χ0v) is 75.2. The van der Waals surface area contributed by atoms with Crippen LogP contribution in [0.4, 0.5) is 0 Å². The number of esters is 2. The topological polar surface area (TPSA) is 647 Å². The minimum atomic E-state index is -1.99. The molecule has 7 rings (SSSR count). The largest absolute Gasteiger partial charge is 0.463 e. The molecule has 0 bridgehead atoms. The monoisotopic (exact) mass is 1900 g/mol. The maximum Gasteiger partial charge on any atom is 0.305 e. The van der Waals surface area contributed by atoms with E-state index in [1.165, 1.54) is 45.4 Å². The highest BCUT2D eigenvalue weighted by atomic mass is 16.8. The Balaban J connectivity index is 0.000000470. The molecule has 41 heteroatoms. The molecule has 0 aliphatic carbocycles. The molecule has 0 amide bonds. The summed E-state index contributed by atoms with van der Waals surface area (Å²) in [5.41, 5.74) is 0. The van der Waals surface area contributed by atoms with E-state index in [4.69, 9.17) is 75.8 Å². The molecule has 0 radical (unpaired) electrons. The maximum absolute atomic E-state index is 13.0. The van der Waals surface area contributed by atoms with Crippen molar-refractivity contribution in [1.82, 2.24) is 0 Å². The summed E-state index contributed by atoms with van der Waals surface area (Å²) >= 11 is 0. The molecule has 7 aliphatic heterocycles. The number of unbranched alkanes of at least 4 members (excludes halogenated alkanes) is 8. The van der Waals surface area contributed by atoms with Gasteiger partial charge in [0.25, 0.3) is 0 Å². The van der Waals surface area contributed by atoms with Crippen molar-refractivity contribution in [3.05, 3.63) is 97.2 Å². The van der Waals surface area contributed by atoms with Gasteiger partial charge in [0.1, 0.15) is 178 Å². The predicted molar refractivity (Wildman–Crippen MR) is 466 cm³/mol.